The number of Topliss-reactive ketones (excluding diaryl/α,β-unsaturated/α-hetero) is 2. The van der Waals surface area contributed by atoms with Crippen molar-refractivity contribution in [2.24, 2.45) is 15.9 Å². The Morgan fingerprint density at radius 3 is 1.86 bits per heavy atom. The minimum Gasteiger partial charge on any atom is -0.493 e. The average molecular weight is 971 g/mol. The number of carbonyl (C=O) groups excluding carboxylic acids is 6. The van der Waals surface area contributed by atoms with Crippen molar-refractivity contribution >= 4 is 76.1 Å². The summed E-state index contributed by atoms with van der Waals surface area (Å²) in [6, 6.07) is 26.9. The maximum Gasteiger partial charge on any atom is 0.261 e. The summed E-state index contributed by atoms with van der Waals surface area (Å²) in [6.07, 6.45) is 7.08. The van der Waals surface area contributed by atoms with Gasteiger partial charge in [0.25, 0.3) is 11.8 Å². The van der Waals surface area contributed by atoms with Crippen LogP contribution in [0, 0.1) is 12.8 Å². The van der Waals surface area contributed by atoms with Crippen molar-refractivity contribution in [2.75, 3.05) is 22.2 Å². The van der Waals surface area contributed by atoms with Gasteiger partial charge >= 0.3 is 0 Å². The van der Waals surface area contributed by atoms with E-state index in [0.29, 0.717) is 95.1 Å². The second kappa shape index (κ2) is 21.2. The van der Waals surface area contributed by atoms with Crippen molar-refractivity contribution in [3.05, 3.63) is 130 Å². The summed E-state index contributed by atoms with van der Waals surface area (Å²) in [5.74, 6) is -0.659. The predicted octanol–water partition coefficient (Wildman–Crippen LogP) is 9.31. The van der Waals surface area contributed by atoms with Gasteiger partial charge in [-0.05, 0) is 97.0 Å². The van der Waals surface area contributed by atoms with Crippen LogP contribution in [0.25, 0.3) is 0 Å². The Balaban J connectivity index is 0.924. The van der Waals surface area contributed by atoms with Crippen molar-refractivity contribution < 1.29 is 43.0 Å². The van der Waals surface area contributed by atoms with Gasteiger partial charge in [0.15, 0.2) is 17.3 Å². The van der Waals surface area contributed by atoms with Crippen LogP contribution in [0.3, 0.4) is 0 Å². The van der Waals surface area contributed by atoms with E-state index in [2.05, 4.69) is 10.6 Å². The van der Waals surface area contributed by atoms with Crippen LogP contribution in [0.5, 0.6) is 17.2 Å². The quantitative estimate of drug-likeness (QED) is 0.0761. The van der Waals surface area contributed by atoms with E-state index in [-0.39, 0.29) is 67.4 Å². The first kappa shape index (κ1) is 49.1. The number of ketones is 2. The minimum absolute atomic E-state index is 0.0152. The fourth-order valence-electron chi connectivity index (χ4n) is 9.73. The summed E-state index contributed by atoms with van der Waals surface area (Å²) in [4.78, 5) is 92.4. The number of nitrogens with zero attached hydrogens (tertiary/aromatic N) is 4. The highest BCUT2D eigenvalue weighted by atomic mass is 16.5. The van der Waals surface area contributed by atoms with Gasteiger partial charge in [-0.15, -0.1) is 0 Å². The summed E-state index contributed by atoms with van der Waals surface area (Å²) < 4.78 is 18.6. The molecule has 370 valence electrons. The molecule has 0 fully saturated rings. The van der Waals surface area contributed by atoms with Gasteiger partial charge in [-0.2, -0.15) is 0 Å². The number of ether oxygens (including phenoxy) is 3. The number of unbranched alkanes of at least 4 members (excludes halogenated alkanes) is 1. The van der Waals surface area contributed by atoms with Gasteiger partial charge in [-0.1, -0.05) is 50.2 Å². The third-order valence-electron chi connectivity index (χ3n) is 13.7. The van der Waals surface area contributed by atoms with Crippen LogP contribution in [-0.4, -0.2) is 72.9 Å². The zero-order valence-corrected chi connectivity index (χ0v) is 41.2. The first-order valence-electron chi connectivity index (χ1n) is 24.6. The number of hydrogen-bond acceptors (Lipinski definition) is 11. The first-order valence-corrected chi connectivity index (χ1v) is 24.6. The van der Waals surface area contributed by atoms with Gasteiger partial charge < -0.3 is 24.8 Å². The third kappa shape index (κ3) is 10.4. The van der Waals surface area contributed by atoms with Crippen LogP contribution in [0.2, 0.25) is 0 Å². The number of nitrogens with one attached hydrogen (secondary N) is 2. The number of rotatable bonds is 19. The van der Waals surface area contributed by atoms with Crippen LogP contribution < -0.4 is 34.6 Å². The number of aliphatic imine (C=N–C) groups is 2. The van der Waals surface area contributed by atoms with E-state index < -0.39 is 17.9 Å². The summed E-state index contributed by atoms with van der Waals surface area (Å²) in [6.45, 7) is 7.03. The van der Waals surface area contributed by atoms with Gasteiger partial charge in [-0.25, -0.2) is 0 Å². The number of amides is 4. The molecule has 15 nitrogen and oxygen atoms in total. The number of para-hydroxylation sites is 2. The van der Waals surface area contributed by atoms with E-state index in [1.165, 1.54) is 7.11 Å². The van der Waals surface area contributed by atoms with Crippen molar-refractivity contribution in [1.29, 1.82) is 0 Å². The van der Waals surface area contributed by atoms with Crippen LogP contribution in [0.4, 0.5) is 28.4 Å². The molecule has 5 aromatic rings. The normalized spacial score (nSPS) is 16.7. The molecule has 0 saturated carbocycles. The molecule has 4 atom stereocenters. The first-order chi connectivity index (χ1) is 34.8. The van der Waals surface area contributed by atoms with Gasteiger partial charge in [0, 0.05) is 86.1 Å². The van der Waals surface area contributed by atoms with Crippen molar-refractivity contribution in [3.63, 3.8) is 0 Å². The van der Waals surface area contributed by atoms with Crippen molar-refractivity contribution in [1.82, 2.24) is 5.32 Å². The Kier molecular flexibility index (Phi) is 14.4. The zero-order chi connectivity index (χ0) is 50.6. The summed E-state index contributed by atoms with van der Waals surface area (Å²) in [5.41, 5.74) is 8.25. The molecule has 0 bridgehead atoms. The molecule has 2 N–H and O–H groups in total. The van der Waals surface area contributed by atoms with Gasteiger partial charge in [0.05, 0.1) is 47.7 Å². The molecular formula is C57H58N6O9. The number of methoxy groups -OCH3 is 1. The molecule has 0 saturated heterocycles. The van der Waals surface area contributed by atoms with Crippen LogP contribution >= 0.6 is 0 Å². The van der Waals surface area contributed by atoms with Crippen LogP contribution in [0.15, 0.2) is 101 Å². The molecule has 9 rings (SSSR count). The minimum atomic E-state index is -0.800. The Bertz CT molecular complexity index is 3050. The molecule has 0 unspecified atom stereocenters. The van der Waals surface area contributed by atoms with Gasteiger partial charge in [0.2, 0.25) is 11.8 Å². The molecular weight excluding hydrogens is 913 g/mol. The number of hydrogen-bond donors (Lipinski definition) is 2. The lowest BCUT2D eigenvalue weighted by Gasteiger charge is -2.22. The number of carbonyl (C=O) groups is 6. The lowest BCUT2D eigenvalue weighted by atomic mass is 9.99. The second-order valence-electron chi connectivity index (χ2n) is 18.9. The smallest absolute Gasteiger partial charge is 0.261 e. The standard InChI is InChI=1S/C57H58N6O9/c1-6-43(64)15-9-12-18-54(66)60-35(4)50(65)20-34(3)55(67)61-40-22-36(31-71-51-27-46-44(19-33(51)2)56(68)62-41(29-58-46)24-38-13-7-10-16-48(38)62)21-37(23-40)32-72-53-28-47-45(26-52(53)70-5)57(69)63-42(30-59-47)25-39-14-8-11-17-49(39)63/h7-8,10-11,13-14,16-17,19,21-23,26-30,34-35,41-42H,6,9,12,15,18,20,24-25,31-32H2,1-5H3,(H,60,66)(H,61,67)/t34-,35-,41+,42+/m1/s1. The fraction of sp³-hybridized carbons (Fsp3) is 0.333. The van der Waals surface area contributed by atoms with E-state index in [1.807, 2.05) is 85.6 Å². The Labute approximate surface area is 418 Å². The molecule has 15 heteroatoms. The molecule has 4 amide bonds. The van der Waals surface area contributed by atoms with Gasteiger partial charge in [-0.3, -0.25) is 48.6 Å². The van der Waals surface area contributed by atoms with E-state index in [0.717, 1.165) is 28.1 Å². The molecule has 4 aliphatic rings. The van der Waals surface area contributed by atoms with Crippen molar-refractivity contribution in [3.8, 4) is 17.2 Å². The molecule has 5 aromatic carbocycles. The zero-order valence-electron chi connectivity index (χ0n) is 41.2. The van der Waals surface area contributed by atoms with Gasteiger partial charge in [0.1, 0.15) is 24.7 Å². The second-order valence-corrected chi connectivity index (χ2v) is 18.9. The van der Waals surface area contributed by atoms with E-state index in [1.54, 1.807) is 55.3 Å². The van der Waals surface area contributed by atoms with Crippen LogP contribution in [-0.2, 0) is 45.2 Å². The number of aryl methyl sites for hydroxylation is 1. The van der Waals surface area contributed by atoms with E-state index >= 15 is 0 Å². The highest BCUT2D eigenvalue weighted by molar-refractivity contribution is 6.16. The highest BCUT2D eigenvalue weighted by Gasteiger charge is 2.38. The Morgan fingerprint density at radius 2 is 1.26 bits per heavy atom. The molecule has 72 heavy (non-hydrogen) atoms. The Hall–Kier alpha value is -7.94. The topological polar surface area (TPSA) is 185 Å². The maximum absolute atomic E-state index is 14.1. The molecule has 0 spiro atoms. The SMILES string of the molecule is CCC(=O)CCCCC(=O)N[C@H](C)C(=O)C[C@@H](C)C(=O)Nc1cc(COc2cc3c(cc2C)C(=O)N2c4ccccc4C[C@H]2C=N3)cc(COc2cc3c(cc2OC)C(=O)N2c4ccccc4C[C@H]2C=N3)c1. The largest absolute Gasteiger partial charge is 0.493 e. The molecule has 4 heterocycles. The van der Waals surface area contributed by atoms with Crippen LogP contribution in [0.1, 0.15) is 108 Å². The number of fused-ring (bicyclic) bond motifs is 8. The summed E-state index contributed by atoms with van der Waals surface area (Å²) in [7, 11) is 1.51. The summed E-state index contributed by atoms with van der Waals surface area (Å²) in [5, 5.41) is 5.71. The predicted molar refractivity (Wildman–Crippen MR) is 276 cm³/mol. The average Bonchev–Trinajstić information content (AvgIpc) is 3.87. The van der Waals surface area contributed by atoms with Crippen molar-refractivity contribution in [2.45, 2.75) is 110 Å². The highest BCUT2D eigenvalue weighted by Crippen LogP contribution is 2.42. The lowest BCUT2D eigenvalue weighted by Crippen LogP contribution is -2.39. The van der Waals surface area contributed by atoms with E-state index in [9.17, 15) is 28.8 Å². The molecule has 0 aromatic heterocycles. The van der Waals surface area contributed by atoms with E-state index in [4.69, 9.17) is 24.2 Å². The Morgan fingerprint density at radius 1 is 0.708 bits per heavy atom. The fourth-order valence-corrected chi connectivity index (χ4v) is 9.73. The number of benzene rings is 5. The summed E-state index contributed by atoms with van der Waals surface area (Å²) >= 11 is 0. The number of anilines is 3. The lowest BCUT2D eigenvalue weighted by molar-refractivity contribution is -0.129. The molecule has 4 aliphatic heterocycles. The molecule has 0 aliphatic carbocycles. The third-order valence-corrected chi connectivity index (χ3v) is 13.7. The molecule has 0 radical (unpaired) electrons. The maximum atomic E-state index is 14.1. The monoisotopic (exact) mass is 970 g/mol.